The van der Waals surface area contributed by atoms with Crippen molar-refractivity contribution in [3.63, 3.8) is 0 Å². The molecule has 4 aliphatic rings. The largest absolute Gasteiger partial charge is 0.455 e. The number of hydrogen-bond donors (Lipinski definition) is 4. The van der Waals surface area contributed by atoms with Crippen molar-refractivity contribution in [3.8, 4) is 11.5 Å². The lowest BCUT2D eigenvalue weighted by Crippen LogP contribution is -2.76. The summed E-state index contributed by atoms with van der Waals surface area (Å²) in [4.78, 5) is 46.9. The summed E-state index contributed by atoms with van der Waals surface area (Å²) in [6.07, 6.45) is 7.93. The highest BCUT2D eigenvalue weighted by Gasteiger charge is 2.39. The molecule has 9 rings (SSSR count). The van der Waals surface area contributed by atoms with Crippen LogP contribution in [0.5, 0.6) is 11.5 Å². The van der Waals surface area contributed by atoms with Crippen LogP contribution in [0.3, 0.4) is 0 Å². The Kier molecular flexibility index (Phi) is 12.4. The minimum absolute atomic E-state index is 0.0432. The highest BCUT2D eigenvalue weighted by atomic mass is 35.5. The summed E-state index contributed by atoms with van der Waals surface area (Å²) in [7, 11) is -2.83. The third-order valence-corrected chi connectivity index (χ3v) is 13.9. The van der Waals surface area contributed by atoms with Crippen molar-refractivity contribution >= 4 is 61.5 Å². The number of benzene rings is 3. The highest BCUT2D eigenvalue weighted by molar-refractivity contribution is 7.90. The summed E-state index contributed by atoms with van der Waals surface area (Å²) >= 11 is 6.38. The van der Waals surface area contributed by atoms with E-state index in [4.69, 9.17) is 25.9 Å². The van der Waals surface area contributed by atoms with E-state index in [2.05, 4.69) is 34.7 Å². The number of rotatable bonds is 14. The molecule has 2 saturated heterocycles. The van der Waals surface area contributed by atoms with E-state index in [1.165, 1.54) is 35.8 Å². The van der Waals surface area contributed by atoms with E-state index in [0.29, 0.717) is 54.2 Å². The van der Waals surface area contributed by atoms with Crippen LogP contribution in [0.2, 0.25) is 5.02 Å². The van der Waals surface area contributed by atoms with Gasteiger partial charge < -0.3 is 29.6 Å². The standard InChI is InChI=1S/C45H51ClN8O7S/c1-59-50-41-24-38(7-9-40(41)48-25-29-11-18-60-19-12-29)62(57,58)51-44(55)39-8-6-35(23-42(39)61-37-22-31-10-13-47-43(31)49-26-37)53-16-14-52(15-17-53)28-36-21-33-20-34(46)5-4-32(33)27-54(36)45(56)30-2-3-30/h4-10,13,20,22-24,26,29-30,36,48,50H,2-3,11-12,14-19,21,25,27-28H2,1H3,(H,47,49)(H,51,55)/p+1. The van der Waals surface area contributed by atoms with Gasteiger partial charge in [-0.05, 0) is 97.7 Å². The SMILES string of the molecule is CO[NH2+]c1cc(S(=O)(=O)NC(=O)c2ccc(N3CCN(CC4Cc5cc(Cl)ccc5CN4C(=O)C4CC4)CC3)cc2Oc2cnc3[nH]ccc3c2)ccc1NCC1CCOCC1. The van der Waals surface area contributed by atoms with E-state index in [1.807, 2.05) is 36.4 Å². The normalized spacial score (nSPS) is 18.7. The number of carbonyl (C=O) groups is 2. The molecule has 5 aromatic rings. The lowest BCUT2D eigenvalue weighted by Gasteiger charge is -2.42. The molecule has 0 spiro atoms. The molecule has 1 atom stereocenters. The van der Waals surface area contributed by atoms with Gasteiger partial charge in [-0.25, -0.2) is 23.0 Å². The Balaban J connectivity index is 0.913. The number of amides is 2. The number of aromatic nitrogens is 2. The van der Waals surface area contributed by atoms with Crippen LogP contribution in [0.4, 0.5) is 17.1 Å². The van der Waals surface area contributed by atoms with Crippen molar-refractivity contribution in [3.05, 3.63) is 101 Å². The number of anilines is 2. The third-order valence-electron chi connectivity index (χ3n) is 12.4. The fourth-order valence-electron chi connectivity index (χ4n) is 8.70. The molecule has 5 heterocycles. The number of nitrogens with one attached hydrogen (secondary N) is 3. The Hall–Kier alpha value is -5.23. The van der Waals surface area contributed by atoms with E-state index in [-0.39, 0.29) is 34.1 Å². The maximum Gasteiger partial charge on any atom is 0.268 e. The van der Waals surface area contributed by atoms with Crippen LogP contribution in [0.1, 0.15) is 47.2 Å². The van der Waals surface area contributed by atoms with Crippen LogP contribution >= 0.6 is 11.6 Å². The Morgan fingerprint density at radius 3 is 2.58 bits per heavy atom. The van der Waals surface area contributed by atoms with E-state index in [1.54, 1.807) is 30.6 Å². The number of aromatic amines is 1. The number of ether oxygens (including phenoxy) is 2. The monoisotopic (exact) mass is 883 g/mol. The topological polar surface area (TPSA) is 175 Å². The first-order chi connectivity index (χ1) is 30.1. The summed E-state index contributed by atoms with van der Waals surface area (Å²) in [6.45, 7) is 6.46. The number of H-pyrrole nitrogens is 1. The van der Waals surface area contributed by atoms with Crippen molar-refractivity contribution in [2.45, 2.75) is 49.6 Å². The highest BCUT2D eigenvalue weighted by Crippen LogP contribution is 2.36. The van der Waals surface area contributed by atoms with Crippen LogP contribution < -0.4 is 25.2 Å². The van der Waals surface area contributed by atoms with Gasteiger partial charge in [-0.3, -0.25) is 14.5 Å². The lowest BCUT2D eigenvalue weighted by atomic mass is 9.93. The smallest absolute Gasteiger partial charge is 0.268 e. The molecule has 2 amide bonds. The summed E-state index contributed by atoms with van der Waals surface area (Å²) in [6, 6.07) is 19.6. The summed E-state index contributed by atoms with van der Waals surface area (Å²) in [5.41, 5.74) is 6.66. The molecule has 1 aliphatic carbocycles. The van der Waals surface area contributed by atoms with E-state index < -0.39 is 15.9 Å². The van der Waals surface area contributed by atoms with E-state index >= 15 is 0 Å². The molecule has 326 valence electrons. The van der Waals surface area contributed by atoms with Gasteiger partial charge in [-0.2, -0.15) is 5.48 Å². The second-order valence-electron chi connectivity index (χ2n) is 16.6. The number of nitrogens with two attached hydrogens (primary N) is 1. The second-order valence-corrected chi connectivity index (χ2v) is 18.8. The molecule has 2 aromatic heterocycles. The summed E-state index contributed by atoms with van der Waals surface area (Å²) < 4.78 is 41.8. The summed E-state index contributed by atoms with van der Waals surface area (Å²) in [5.74, 6) is 0.568. The Morgan fingerprint density at radius 1 is 0.968 bits per heavy atom. The molecule has 0 radical (unpaired) electrons. The first-order valence-corrected chi connectivity index (χ1v) is 23.2. The maximum absolute atomic E-state index is 14.0. The Bertz CT molecular complexity index is 2550. The van der Waals surface area contributed by atoms with Crippen molar-refractivity contribution in [2.24, 2.45) is 11.8 Å². The van der Waals surface area contributed by atoms with Crippen molar-refractivity contribution < 1.29 is 37.8 Å². The van der Waals surface area contributed by atoms with Crippen LogP contribution in [0, 0.1) is 11.8 Å². The van der Waals surface area contributed by atoms with Gasteiger partial charge in [0.05, 0.1) is 29.5 Å². The number of halogens is 1. The van der Waals surface area contributed by atoms with E-state index in [0.717, 1.165) is 81.7 Å². The predicted molar refractivity (Wildman–Crippen MR) is 235 cm³/mol. The predicted octanol–water partition coefficient (Wildman–Crippen LogP) is 5.21. The molecule has 17 heteroatoms. The quantitative estimate of drug-likeness (QED) is 0.0852. The first kappa shape index (κ1) is 42.1. The number of carbonyl (C=O) groups excluding carboxylic acids is 2. The Labute approximate surface area is 366 Å². The molecule has 5 N–H and O–H groups in total. The fraction of sp³-hybridized carbons (Fsp3) is 0.400. The minimum atomic E-state index is -4.33. The van der Waals surface area contributed by atoms with Gasteiger partial charge in [-0.1, -0.05) is 17.7 Å². The molecular formula is C45H52ClN8O7S+. The molecule has 3 aromatic carbocycles. The molecule has 3 fully saturated rings. The van der Waals surface area contributed by atoms with Crippen molar-refractivity contribution in [2.75, 3.05) is 69.8 Å². The average molecular weight is 884 g/mol. The number of fused-ring (bicyclic) bond motifs is 2. The van der Waals surface area contributed by atoms with Crippen molar-refractivity contribution in [1.82, 2.24) is 24.5 Å². The number of pyridine rings is 1. The molecular weight excluding hydrogens is 832 g/mol. The zero-order valence-corrected chi connectivity index (χ0v) is 36.2. The second kappa shape index (κ2) is 18.2. The summed E-state index contributed by atoms with van der Waals surface area (Å²) in [5, 5.41) is 4.95. The number of nitrogens with zero attached hydrogens (tertiary/aromatic N) is 4. The number of piperazine rings is 1. The van der Waals surface area contributed by atoms with Gasteiger partial charge in [0.1, 0.15) is 17.1 Å². The zero-order valence-electron chi connectivity index (χ0n) is 34.6. The fourth-order valence-corrected chi connectivity index (χ4v) is 9.90. The van der Waals surface area contributed by atoms with Crippen LogP contribution in [0.15, 0.2) is 84.0 Å². The lowest BCUT2D eigenvalue weighted by molar-refractivity contribution is -0.829. The minimum Gasteiger partial charge on any atom is -0.455 e. The molecule has 1 unspecified atom stereocenters. The molecule has 3 aliphatic heterocycles. The van der Waals surface area contributed by atoms with Crippen LogP contribution in [0.25, 0.3) is 11.0 Å². The van der Waals surface area contributed by atoms with Crippen molar-refractivity contribution in [1.29, 1.82) is 0 Å². The molecule has 0 bridgehead atoms. The Morgan fingerprint density at radius 2 is 1.79 bits per heavy atom. The molecule has 62 heavy (non-hydrogen) atoms. The maximum atomic E-state index is 14.0. The van der Waals surface area contributed by atoms with Gasteiger partial charge in [0.15, 0.2) is 5.69 Å². The van der Waals surface area contributed by atoms with Gasteiger partial charge in [0.25, 0.3) is 15.9 Å². The van der Waals surface area contributed by atoms with Gasteiger partial charge in [0.2, 0.25) is 5.91 Å². The van der Waals surface area contributed by atoms with E-state index in [9.17, 15) is 18.0 Å². The average Bonchev–Trinajstić information content (AvgIpc) is 4.03. The number of hydrogen-bond acceptors (Lipinski definition) is 11. The number of quaternary nitrogens is 1. The van der Waals surface area contributed by atoms with Gasteiger partial charge >= 0.3 is 0 Å². The van der Waals surface area contributed by atoms with Gasteiger partial charge in [-0.15, -0.1) is 0 Å². The van der Waals surface area contributed by atoms with Gasteiger partial charge in [0, 0.05) is 105 Å². The molecule has 1 saturated carbocycles. The molecule has 15 nitrogen and oxygen atoms in total. The van der Waals surface area contributed by atoms with Crippen LogP contribution in [-0.2, 0) is 37.4 Å². The zero-order chi connectivity index (χ0) is 42.8. The third kappa shape index (κ3) is 9.55. The first-order valence-electron chi connectivity index (χ1n) is 21.3. The van der Waals surface area contributed by atoms with Crippen LogP contribution in [-0.4, -0.2) is 106 Å². The number of sulfonamides is 1.